The third kappa shape index (κ3) is 6.18. The van der Waals surface area contributed by atoms with Gasteiger partial charge in [0.25, 0.3) is 11.6 Å². The molecule has 0 fully saturated rings. The van der Waals surface area contributed by atoms with E-state index in [4.69, 9.17) is 25.5 Å². The minimum absolute atomic E-state index is 0.0309. The predicted octanol–water partition coefficient (Wildman–Crippen LogP) is 7.08. The number of nitrogens with zero attached hydrogens (tertiary/aromatic N) is 1. The van der Waals surface area contributed by atoms with Crippen LogP contribution < -0.4 is 14.8 Å². The molecule has 0 saturated carbocycles. The number of non-ortho nitro benzene ring substituents is 1. The highest BCUT2D eigenvalue weighted by Gasteiger charge is 2.16. The Balaban J connectivity index is 1.45. The van der Waals surface area contributed by atoms with Crippen LogP contribution in [0.2, 0.25) is 5.02 Å². The molecule has 8 nitrogen and oxygen atoms in total. The number of anilines is 1. The van der Waals surface area contributed by atoms with Gasteiger partial charge >= 0.3 is 0 Å². The number of halogens is 1. The van der Waals surface area contributed by atoms with Crippen LogP contribution in [0.3, 0.4) is 0 Å². The van der Waals surface area contributed by atoms with Gasteiger partial charge in [0.2, 0.25) is 0 Å². The molecule has 1 N–H and O–H groups in total. The first-order chi connectivity index (χ1) is 16.8. The van der Waals surface area contributed by atoms with Gasteiger partial charge in [0, 0.05) is 17.2 Å². The fourth-order valence-electron chi connectivity index (χ4n) is 3.19. The second-order valence-electron chi connectivity index (χ2n) is 7.81. The molecule has 0 bridgehead atoms. The summed E-state index contributed by atoms with van der Waals surface area (Å²) in [7, 11) is 0. The van der Waals surface area contributed by atoms with Gasteiger partial charge in [-0.2, -0.15) is 0 Å². The molecule has 0 spiro atoms. The summed E-state index contributed by atoms with van der Waals surface area (Å²) in [4.78, 5) is 23.5. The van der Waals surface area contributed by atoms with Crippen LogP contribution in [0.4, 0.5) is 11.4 Å². The first-order valence-electron chi connectivity index (χ1n) is 10.6. The van der Waals surface area contributed by atoms with Crippen molar-refractivity contribution >= 4 is 28.9 Å². The maximum absolute atomic E-state index is 12.7. The molecule has 1 heterocycles. The quantitative estimate of drug-likeness (QED) is 0.208. The van der Waals surface area contributed by atoms with Crippen molar-refractivity contribution < 1.29 is 23.6 Å². The third-order valence-corrected chi connectivity index (χ3v) is 5.44. The Kier molecular flexibility index (Phi) is 7.03. The highest BCUT2D eigenvalue weighted by Crippen LogP contribution is 2.30. The maximum atomic E-state index is 12.7. The van der Waals surface area contributed by atoms with Crippen molar-refractivity contribution in [2.45, 2.75) is 20.5 Å². The number of rotatable bonds is 8. The molecule has 0 aliphatic carbocycles. The lowest BCUT2D eigenvalue weighted by Crippen LogP contribution is -2.11. The molecule has 4 rings (SSSR count). The van der Waals surface area contributed by atoms with E-state index in [-0.39, 0.29) is 29.5 Å². The molecule has 0 aliphatic heterocycles. The lowest BCUT2D eigenvalue weighted by molar-refractivity contribution is -0.384. The van der Waals surface area contributed by atoms with E-state index in [1.165, 1.54) is 24.3 Å². The highest BCUT2D eigenvalue weighted by molar-refractivity contribution is 6.31. The molecule has 0 saturated heterocycles. The second kappa shape index (κ2) is 10.3. The van der Waals surface area contributed by atoms with E-state index in [0.717, 1.165) is 11.1 Å². The summed E-state index contributed by atoms with van der Waals surface area (Å²) in [5.74, 6) is 1.24. The Labute approximate surface area is 206 Å². The normalized spacial score (nSPS) is 10.6. The molecule has 9 heteroatoms. The number of aryl methyl sites for hydroxylation is 2. The first kappa shape index (κ1) is 23.8. The molecular weight excluding hydrogens is 472 g/mol. The van der Waals surface area contributed by atoms with Gasteiger partial charge < -0.3 is 19.2 Å². The van der Waals surface area contributed by atoms with E-state index >= 15 is 0 Å². The van der Waals surface area contributed by atoms with Crippen LogP contribution in [-0.2, 0) is 6.61 Å². The molecule has 1 amide bonds. The number of carbonyl (C=O) groups excluding carboxylic acids is 1. The van der Waals surface area contributed by atoms with Gasteiger partial charge in [-0.05, 0) is 61.9 Å². The minimum atomic E-state index is -0.569. The van der Waals surface area contributed by atoms with E-state index in [2.05, 4.69) is 5.32 Å². The van der Waals surface area contributed by atoms with Crippen molar-refractivity contribution in [3.63, 3.8) is 0 Å². The van der Waals surface area contributed by atoms with Gasteiger partial charge in [-0.15, -0.1) is 0 Å². The van der Waals surface area contributed by atoms with Crippen LogP contribution in [0.1, 0.15) is 27.4 Å². The summed E-state index contributed by atoms with van der Waals surface area (Å²) in [5.41, 5.74) is 1.90. The van der Waals surface area contributed by atoms with Crippen molar-refractivity contribution in [2.75, 3.05) is 5.32 Å². The highest BCUT2D eigenvalue weighted by atomic mass is 35.5. The molecule has 178 valence electrons. The summed E-state index contributed by atoms with van der Waals surface area (Å²) < 4.78 is 17.0. The lowest BCUT2D eigenvalue weighted by atomic mass is 10.2. The summed E-state index contributed by atoms with van der Waals surface area (Å²) in [5, 5.41) is 14.6. The Morgan fingerprint density at radius 2 is 1.71 bits per heavy atom. The van der Waals surface area contributed by atoms with Crippen molar-refractivity contribution in [2.24, 2.45) is 0 Å². The van der Waals surface area contributed by atoms with Crippen LogP contribution in [0.25, 0.3) is 0 Å². The number of carbonyl (C=O) groups is 1. The van der Waals surface area contributed by atoms with Gasteiger partial charge in [-0.25, -0.2) is 0 Å². The van der Waals surface area contributed by atoms with E-state index in [1.807, 2.05) is 26.0 Å². The van der Waals surface area contributed by atoms with Crippen molar-refractivity contribution in [1.29, 1.82) is 0 Å². The number of ether oxygens (including phenoxy) is 2. The lowest BCUT2D eigenvalue weighted by Gasteiger charge is -2.09. The number of amides is 1. The number of nitrogens with one attached hydrogen (secondary N) is 1. The zero-order valence-corrected chi connectivity index (χ0v) is 19.7. The fourth-order valence-corrected chi connectivity index (χ4v) is 3.31. The van der Waals surface area contributed by atoms with Crippen LogP contribution >= 0.6 is 11.6 Å². The Morgan fingerprint density at radius 1 is 0.971 bits per heavy atom. The smallest absolute Gasteiger partial charge is 0.291 e. The van der Waals surface area contributed by atoms with Crippen molar-refractivity contribution in [1.82, 2.24) is 0 Å². The molecule has 4 aromatic rings. The van der Waals surface area contributed by atoms with E-state index < -0.39 is 10.8 Å². The van der Waals surface area contributed by atoms with Gasteiger partial charge in [0.05, 0.1) is 16.7 Å². The van der Waals surface area contributed by atoms with E-state index in [9.17, 15) is 14.9 Å². The zero-order valence-electron chi connectivity index (χ0n) is 18.9. The molecule has 3 aromatic carbocycles. The largest absolute Gasteiger partial charge is 0.486 e. The molecule has 0 radical (unpaired) electrons. The number of benzene rings is 3. The topological polar surface area (TPSA) is 104 Å². The van der Waals surface area contributed by atoms with Crippen LogP contribution in [0, 0.1) is 24.0 Å². The second-order valence-corrected chi connectivity index (χ2v) is 8.21. The van der Waals surface area contributed by atoms with Gasteiger partial charge in [0.15, 0.2) is 5.76 Å². The Bertz CT molecular complexity index is 1380. The first-order valence-corrected chi connectivity index (χ1v) is 11.0. The standard InChI is InChI=1S/C26H21ClN2O6/c1-16-3-5-20(6-4-16)34-23-13-18(12-19(14-23)29(31)32)28-26(30)25-10-8-22(35-25)15-33-21-7-9-24(27)17(2)11-21/h3-14H,15H2,1-2H3,(H,28,30). The van der Waals surface area contributed by atoms with Gasteiger partial charge in [-0.1, -0.05) is 29.3 Å². The van der Waals surface area contributed by atoms with Crippen LogP contribution in [0.5, 0.6) is 17.2 Å². The van der Waals surface area contributed by atoms with E-state index in [1.54, 1.807) is 36.4 Å². The zero-order chi connectivity index (χ0) is 24.9. The minimum Gasteiger partial charge on any atom is -0.486 e. The molecule has 1 aromatic heterocycles. The van der Waals surface area contributed by atoms with Gasteiger partial charge in [0.1, 0.15) is 29.6 Å². The van der Waals surface area contributed by atoms with Crippen LogP contribution in [0.15, 0.2) is 77.2 Å². The number of nitro groups is 1. The van der Waals surface area contributed by atoms with E-state index in [0.29, 0.717) is 22.3 Å². The average molecular weight is 493 g/mol. The number of nitro benzene ring substituents is 1. The van der Waals surface area contributed by atoms with Crippen molar-refractivity contribution in [3.05, 3.63) is 111 Å². The summed E-state index contributed by atoms with van der Waals surface area (Å²) in [6.07, 6.45) is 0. The van der Waals surface area contributed by atoms with Crippen LogP contribution in [-0.4, -0.2) is 10.8 Å². The molecule has 0 aliphatic rings. The fraction of sp³-hybridized carbons (Fsp3) is 0.115. The number of furan rings is 1. The monoisotopic (exact) mass is 492 g/mol. The van der Waals surface area contributed by atoms with Crippen molar-refractivity contribution in [3.8, 4) is 17.2 Å². The molecule has 0 atom stereocenters. The summed E-state index contributed by atoms with van der Waals surface area (Å²) in [6.45, 7) is 3.92. The summed E-state index contributed by atoms with van der Waals surface area (Å²) in [6, 6.07) is 19.7. The number of hydrogen-bond donors (Lipinski definition) is 1. The molecular formula is C26H21ClN2O6. The SMILES string of the molecule is Cc1ccc(Oc2cc(NC(=O)c3ccc(COc4ccc(Cl)c(C)c4)o3)cc([N+](=O)[O-])c2)cc1. The third-order valence-electron chi connectivity index (χ3n) is 5.01. The number of hydrogen-bond acceptors (Lipinski definition) is 6. The maximum Gasteiger partial charge on any atom is 0.291 e. The average Bonchev–Trinajstić information content (AvgIpc) is 3.30. The predicted molar refractivity (Wildman–Crippen MR) is 132 cm³/mol. The molecule has 35 heavy (non-hydrogen) atoms. The summed E-state index contributed by atoms with van der Waals surface area (Å²) >= 11 is 6.02. The Hall–Kier alpha value is -4.30. The molecule has 0 unspecified atom stereocenters. The Morgan fingerprint density at radius 3 is 2.43 bits per heavy atom. The van der Waals surface area contributed by atoms with Gasteiger partial charge in [-0.3, -0.25) is 14.9 Å².